The van der Waals surface area contributed by atoms with E-state index in [1.54, 1.807) is 42.5 Å². The number of benzene rings is 3. The van der Waals surface area contributed by atoms with Gasteiger partial charge in [0, 0.05) is 23.9 Å². The normalized spacial score (nSPS) is 13.9. The molecule has 0 bridgehead atoms. The molecule has 0 saturated carbocycles. The topological polar surface area (TPSA) is 105 Å². The average molecular weight is 518 g/mol. The molecule has 0 saturated heterocycles. The zero-order valence-electron chi connectivity index (χ0n) is 20.7. The number of nitrogens with zero attached hydrogens (tertiary/aromatic N) is 2. The lowest BCUT2D eigenvalue weighted by Crippen LogP contribution is -2.57. The van der Waals surface area contributed by atoms with Crippen LogP contribution >= 0.6 is 0 Å². The maximum atomic E-state index is 14.6. The first-order chi connectivity index (χ1) is 18.2. The van der Waals surface area contributed by atoms with Gasteiger partial charge in [0.05, 0.1) is 11.3 Å². The van der Waals surface area contributed by atoms with Crippen LogP contribution in [0.3, 0.4) is 0 Å². The van der Waals surface area contributed by atoms with E-state index in [0.29, 0.717) is 22.9 Å². The highest BCUT2D eigenvalue weighted by molar-refractivity contribution is 6.52. The van der Waals surface area contributed by atoms with Crippen molar-refractivity contribution in [2.45, 2.75) is 25.9 Å². The number of Topliss-reactive ketones (excluding diaryl/α,β-unsaturated/α-hetero) is 1. The van der Waals surface area contributed by atoms with Gasteiger partial charge < -0.3 is 19.7 Å². The van der Waals surface area contributed by atoms with E-state index in [-0.39, 0.29) is 24.5 Å². The van der Waals surface area contributed by atoms with Gasteiger partial charge in [0.25, 0.3) is 11.7 Å². The molecule has 194 valence electrons. The second kappa shape index (κ2) is 9.62. The Morgan fingerprint density at radius 2 is 1.71 bits per heavy atom. The highest BCUT2D eigenvalue weighted by Gasteiger charge is 2.42. The number of hydrogen-bond donors (Lipinski definition) is 1. The van der Waals surface area contributed by atoms with Crippen molar-refractivity contribution in [1.82, 2.24) is 4.90 Å². The molecule has 2 aliphatic heterocycles. The van der Waals surface area contributed by atoms with Crippen LogP contribution in [0.1, 0.15) is 29.8 Å². The summed E-state index contributed by atoms with van der Waals surface area (Å²) in [5.74, 6) is -2.28. The molecule has 3 aromatic rings. The zero-order chi connectivity index (χ0) is 27.0. The Bertz CT molecular complexity index is 1470. The fourth-order valence-electron chi connectivity index (χ4n) is 4.40. The van der Waals surface area contributed by atoms with E-state index in [1.165, 1.54) is 43.0 Å². The van der Waals surface area contributed by atoms with E-state index >= 15 is 0 Å². The number of hydrogen-bond acceptors (Lipinski definition) is 6. The smallest absolute Gasteiger partial charge is 0.299 e. The molecule has 38 heavy (non-hydrogen) atoms. The summed E-state index contributed by atoms with van der Waals surface area (Å²) in [6.07, 6.45) is 0. The maximum absolute atomic E-state index is 14.6. The van der Waals surface area contributed by atoms with E-state index in [2.05, 4.69) is 5.32 Å². The number of para-hydroxylation sites is 1. The van der Waals surface area contributed by atoms with Crippen molar-refractivity contribution in [1.29, 1.82) is 0 Å². The Hall–Kier alpha value is -4.73. The van der Waals surface area contributed by atoms with Crippen LogP contribution in [0.15, 0.2) is 66.7 Å². The summed E-state index contributed by atoms with van der Waals surface area (Å²) in [6.45, 7) is 2.38. The van der Waals surface area contributed by atoms with Gasteiger partial charge in [-0.3, -0.25) is 24.1 Å². The molecule has 9 nitrogen and oxygen atoms in total. The standard InChI is InChI=1S/C28H24FN3O6/c1-28(2,27(36)30-18-11-12-22-23(13-18)38-16-37-22)32(14-17-7-3-5-9-20(17)29)24(33)15-31-21-10-6-4-8-19(21)25(34)26(31)35/h3-13H,14-16H2,1-2H3,(H,30,36). The number of amides is 3. The molecule has 2 aliphatic rings. The van der Waals surface area contributed by atoms with Gasteiger partial charge in [0.2, 0.25) is 18.6 Å². The minimum Gasteiger partial charge on any atom is -0.454 e. The molecule has 1 N–H and O–H groups in total. The van der Waals surface area contributed by atoms with Crippen molar-refractivity contribution >= 4 is 34.9 Å². The van der Waals surface area contributed by atoms with Crippen molar-refractivity contribution in [3.63, 3.8) is 0 Å². The van der Waals surface area contributed by atoms with E-state index in [9.17, 15) is 23.6 Å². The number of fused-ring (bicyclic) bond motifs is 2. The number of anilines is 2. The molecule has 0 fully saturated rings. The van der Waals surface area contributed by atoms with Crippen molar-refractivity contribution < 1.29 is 33.0 Å². The molecule has 0 atom stereocenters. The molecule has 5 rings (SSSR count). The molecule has 0 radical (unpaired) electrons. The van der Waals surface area contributed by atoms with E-state index < -0.39 is 41.4 Å². The fourth-order valence-corrected chi connectivity index (χ4v) is 4.40. The van der Waals surface area contributed by atoms with Crippen LogP contribution in [0.25, 0.3) is 0 Å². The summed E-state index contributed by atoms with van der Waals surface area (Å²) in [4.78, 5) is 54.6. The van der Waals surface area contributed by atoms with Crippen molar-refractivity contribution in [3.05, 3.63) is 83.7 Å². The van der Waals surface area contributed by atoms with Crippen LogP contribution in [0.5, 0.6) is 11.5 Å². The summed E-state index contributed by atoms with van der Waals surface area (Å²) in [7, 11) is 0. The van der Waals surface area contributed by atoms with E-state index in [1.807, 2.05) is 0 Å². The number of halogens is 1. The summed E-state index contributed by atoms with van der Waals surface area (Å²) in [5, 5.41) is 2.78. The Balaban J connectivity index is 1.44. The molecule has 0 aliphatic carbocycles. The molecule has 0 unspecified atom stereocenters. The molecular weight excluding hydrogens is 493 g/mol. The zero-order valence-corrected chi connectivity index (χ0v) is 20.7. The SMILES string of the molecule is CC(C)(C(=O)Nc1ccc2c(c1)OCO2)N(Cc1ccccc1F)C(=O)CN1C(=O)C(=O)c2ccccc21. The van der Waals surface area contributed by atoms with Crippen LogP contribution in [0.4, 0.5) is 15.8 Å². The van der Waals surface area contributed by atoms with Crippen LogP contribution in [0, 0.1) is 5.82 Å². The number of nitrogens with one attached hydrogen (secondary N) is 1. The summed E-state index contributed by atoms with van der Waals surface area (Å²) in [6, 6.07) is 17.2. The monoisotopic (exact) mass is 517 g/mol. The van der Waals surface area contributed by atoms with Crippen molar-refractivity contribution in [2.24, 2.45) is 0 Å². The molecule has 3 aromatic carbocycles. The van der Waals surface area contributed by atoms with Gasteiger partial charge in [-0.05, 0) is 44.2 Å². The lowest BCUT2D eigenvalue weighted by molar-refractivity contribution is -0.143. The minimum atomic E-state index is -1.50. The average Bonchev–Trinajstić information content (AvgIpc) is 3.46. The quantitative estimate of drug-likeness (QED) is 0.481. The number of carbonyl (C=O) groups is 4. The Morgan fingerprint density at radius 3 is 2.50 bits per heavy atom. The van der Waals surface area contributed by atoms with Gasteiger partial charge in [-0.15, -0.1) is 0 Å². The predicted molar refractivity (Wildman–Crippen MR) is 135 cm³/mol. The van der Waals surface area contributed by atoms with Gasteiger partial charge in [0.15, 0.2) is 11.5 Å². The van der Waals surface area contributed by atoms with Crippen molar-refractivity contribution in [3.8, 4) is 11.5 Å². The van der Waals surface area contributed by atoms with Gasteiger partial charge >= 0.3 is 0 Å². The highest BCUT2D eigenvalue weighted by Crippen LogP contribution is 2.35. The van der Waals surface area contributed by atoms with E-state index in [0.717, 1.165) is 4.90 Å². The molecule has 2 heterocycles. The van der Waals surface area contributed by atoms with Crippen LogP contribution < -0.4 is 19.7 Å². The number of ketones is 1. The summed E-state index contributed by atoms with van der Waals surface area (Å²) >= 11 is 0. The Morgan fingerprint density at radius 1 is 1.00 bits per heavy atom. The van der Waals surface area contributed by atoms with Crippen LogP contribution in [-0.2, 0) is 20.9 Å². The second-order valence-corrected chi connectivity index (χ2v) is 9.39. The third-order valence-electron chi connectivity index (χ3n) is 6.62. The fraction of sp³-hybridized carbons (Fsp3) is 0.214. The highest BCUT2D eigenvalue weighted by atomic mass is 19.1. The first kappa shape index (κ1) is 24.9. The maximum Gasteiger partial charge on any atom is 0.299 e. The van der Waals surface area contributed by atoms with Gasteiger partial charge in [-0.2, -0.15) is 0 Å². The molecule has 10 heteroatoms. The first-order valence-electron chi connectivity index (χ1n) is 11.9. The minimum absolute atomic E-state index is 0.0734. The van der Waals surface area contributed by atoms with Gasteiger partial charge in [0.1, 0.15) is 17.9 Å². The largest absolute Gasteiger partial charge is 0.454 e. The van der Waals surface area contributed by atoms with Crippen molar-refractivity contribution in [2.75, 3.05) is 23.6 Å². The van der Waals surface area contributed by atoms with Crippen LogP contribution in [-0.4, -0.2) is 47.3 Å². The Labute approximate surface area is 217 Å². The third-order valence-corrected chi connectivity index (χ3v) is 6.62. The van der Waals surface area contributed by atoms with Crippen LogP contribution in [0.2, 0.25) is 0 Å². The number of carbonyl (C=O) groups excluding carboxylic acids is 4. The predicted octanol–water partition coefficient (Wildman–Crippen LogP) is 3.53. The first-order valence-corrected chi connectivity index (χ1v) is 11.9. The molecule has 3 amide bonds. The summed E-state index contributed by atoms with van der Waals surface area (Å²) in [5.41, 5.74) is -0.383. The molecule has 0 spiro atoms. The molecular formula is C28H24FN3O6. The summed E-state index contributed by atoms with van der Waals surface area (Å²) < 4.78 is 25.3. The molecule has 0 aromatic heterocycles. The van der Waals surface area contributed by atoms with Gasteiger partial charge in [-0.25, -0.2) is 4.39 Å². The lowest BCUT2D eigenvalue weighted by atomic mass is 9.99. The Kier molecular flexibility index (Phi) is 6.31. The number of ether oxygens (including phenoxy) is 2. The van der Waals surface area contributed by atoms with E-state index in [4.69, 9.17) is 9.47 Å². The number of rotatable bonds is 7. The van der Waals surface area contributed by atoms with Gasteiger partial charge in [-0.1, -0.05) is 30.3 Å². The third kappa shape index (κ3) is 4.45. The lowest BCUT2D eigenvalue weighted by Gasteiger charge is -2.38. The second-order valence-electron chi connectivity index (χ2n) is 9.39.